The highest BCUT2D eigenvalue weighted by atomic mass is 32.2. The van der Waals surface area contributed by atoms with Gasteiger partial charge >= 0.3 is 5.69 Å². The van der Waals surface area contributed by atoms with Gasteiger partial charge in [-0.1, -0.05) is 18.2 Å². The van der Waals surface area contributed by atoms with Gasteiger partial charge in [0.1, 0.15) is 11.9 Å². The lowest BCUT2D eigenvalue weighted by molar-refractivity contribution is -0.384. The Morgan fingerprint density at radius 1 is 1.20 bits per heavy atom. The average Bonchev–Trinajstić information content (AvgIpc) is 3.37. The summed E-state index contributed by atoms with van der Waals surface area (Å²) in [5, 5.41) is 29.5. The molecule has 35 heavy (non-hydrogen) atoms. The van der Waals surface area contributed by atoms with E-state index in [1.54, 1.807) is 44.3 Å². The van der Waals surface area contributed by atoms with Crippen LogP contribution in [0.15, 0.2) is 59.9 Å². The van der Waals surface area contributed by atoms with Crippen LogP contribution in [0.2, 0.25) is 0 Å². The molecule has 184 valence electrons. The van der Waals surface area contributed by atoms with E-state index >= 15 is 0 Å². The number of nitrogens with one attached hydrogen (secondary N) is 1. The minimum absolute atomic E-state index is 0.0427. The summed E-state index contributed by atoms with van der Waals surface area (Å²) >= 11 is 0. The van der Waals surface area contributed by atoms with Gasteiger partial charge < -0.3 is 10.4 Å². The molecule has 4 aromatic rings. The molecular formula is C23H26N6O5S. The maximum Gasteiger partial charge on any atom is 0.311 e. The molecule has 2 N–H and O–H groups in total. The number of nitro groups is 1. The highest BCUT2D eigenvalue weighted by molar-refractivity contribution is 7.90. The number of hydrogen-bond acceptors (Lipinski definition) is 8. The number of aromatic nitrogens is 4. The molecule has 0 unspecified atom stereocenters. The van der Waals surface area contributed by atoms with Gasteiger partial charge in [0.25, 0.3) is 10.0 Å². The maximum absolute atomic E-state index is 13.8. The van der Waals surface area contributed by atoms with Gasteiger partial charge in [-0.25, -0.2) is 17.4 Å². The van der Waals surface area contributed by atoms with E-state index in [9.17, 15) is 23.6 Å². The van der Waals surface area contributed by atoms with E-state index in [1.165, 1.54) is 23.0 Å². The Morgan fingerprint density at radius 3 is 2.49 bits per heavy atom. The molecule has 12 heteroatoms. The normalized spacial score (nSPS) is 12.4. The lowest BCUT2D eigenvalue weighted by Crippen LogP contribution is -2.26. The predicted molar refractivity (Wildman–Crippen MR) is 132 cm³/mol. The van der Waals surface area contributed by atoms with Gasteiger partial charge in [0, 0.05) is 17.8 Å². The standard InChI is InChI=1S/C23H26N6O5S/c1-15(2)26-21-18-10-19(16-11-25-27(13-16)14-23(3,4)30)28(22(18)24-12-20(21)29(31)32)35(33,34)17-8-6-5-7-9-17/h5-13,15,30H,14H2,1-4H3,(H,24,26). The highest BCUT2D eigenvalue weighted by Crippen LogP contribution is 2.38. The molecule has 0 saturated heterocycles. The molecule has 0 saturated carbocycles. The van der Waals surface area contributed by atoms with Crippen LogP contribution < -0.4 is 5.32 Å². The summed E-state index contributed by atoms with van der Waals surface area (Å²) in [5.41, 5.74) is -0.377. The van der Waals surface area contributed by atoms with Gasteiger partial charge in [-0.2, -0.15) is 5.10 Å². The first-order valence-corrected chi connectivity index (χ1v) is 12.3. The van der Waals surface area contributed by atoms with E-state index in [2.05, 4.69) is 15.4 Å². The molecule has 3 heterocycles. The Bertz CT molecular complexity index is 1500. The number of hydrogen-bond donors (Lipinski definition) is 2. The fraction of sp³-hybridized carbons (Fsp3) is 0.304. The zero-order valence-corrected chi connectivity index (χ0v) is 20.5. The number of fused-ring (bicyclic) bond motifs is 1. The Hall–Kier alpha value is -3.77. The van der Waals surface area contributed by atoms with Crippen molar-refractivity contribution in [2.24, 2.45) is 0 Å². The predicted octanol–water partition coefficient (Wildman–Crippen LogP) is 3.64. The van der Waals surface area contributed by atoms with Gasteiger partial charge in [0.15, 0.2) is 5.65 Å². The minimum Gasteiger partial charge on any atom is -0.389 e. The van der Waals surface area contributed by atoms with Crippen molar-refractivity contribution < 1.29 is 18.4 Å². The fourth-order valence-corrected chi connectivity index (χ4v) is 5.32. The van der Waals surface area contributed by atoms with Crippen molar-refractivity contribution in [2.45, 2.75) is 50.8 Å². The second kappa shape index (κ2) is 8.78. The van der Waals surface area contributed by atoms with Gasteiger partial charge in [0.2, 0.25) is 0 Å². The third-order valence-electron chi connectivity index (χ3n) is 5.16. The molecule has 3 aromatic heterocycles. The van der Waals surface area contributed by atoms with E-state index < -0.39 is 20.5 Å². The minimum atomic E-state index is -4.14. The molecule has 0 aliphatic heterocycles. The number of pyridine rings is 1. The third-order valence-corrected chi connectivity index (χ3v) is 6.88. The monoisotopic (exact) mass is 498 g/mol. The molecule has 0 bridgehead atoms. The van der Waals surface area contributed by atoms with Crippen LogP contribution in [0.25, 0.3) is 22.3 Å². The van der Waals surface area contributed by atoms with Crippen molar-refractivity contribution in [2.75, 3.05) is 5.32 Å². The molecule has 1 aromatic carbocycles. The van der Waals surface area contributed by atoms with Crippen molar-refractivity contribution in [3.8, 4) is 11.3 Å². The maximum atomic E-state index is 13.8. The van der Waals surface area contributed by atoms with Crippen LogP contribution in [0, 0.1) is 10.1 Å². The summed E-state index contributed by atoms with van der Waals surface area (Å²) in [6.45, 7) is 7.11. The Balaban J connectivity index is 2.05. The van der Waals surface area contributed by atoms with Crippen LogP contribution in [0.3, 0.4) is 0 Å². The Morgan fingerprint density at radius 2 is 1.89 bits per heavy atom. The van der Waals surface area contributed by atoms with Crippen LogP contribution in [0.4, 0.5) is 11.4 Å². The molecule has 0 aliphatic carbocycles. The molecule has 11 nitrogen and oxygen atoms in total. The molecule has 0 amide bonds. The van der Waals surface area contributed by atoms with E-state index in [-0.39, 0.29) is 45.6 Å². The number of aliphatic hydroxyl groups is 1. The highest BCUT2D eigenvalue weighted by Gasteiger charge is 2.29. The SMILES string of the molecule is CC(C)Nc1c([N+](=O)[O-])cnc2c1cc(-c1cnn(CC(C)(C)O)c1)n2S(=O)(=O)c1ccccc1. The van der Waals surface area contributed by atoms with Crippen molar-refractivity contribution in [1.29, 1.82) is 0 Å². The summed E-state index contributed by atoms with van der Waals surface area (Å²) in [5.74, 6) is 0. The molecule has 0 fully saturated rings. The second-order valence-corrected chi connectivity index (χ2v) is 10.9. The average molecular weight is 499 g/mol. The van der Waals surface area contributed by atoms with E-state index in [1.807, 2.05) is 13.8 Å². The lowest BCUT2D eigenvalue weighted by Gasteiger charge is -2.16. The number of rotatable bonds is 8. The molecular weight excluding hydrogens is 472 g/mol. The zero-order chi connectivity index (χ0) is 25.5. The van der Waals surface area contributed by atoms with Gasteiger partial charge in [-0.05, 0) is 45.9 Å². The summed E-state index contributed by atoms with van der Waals surface area (Å²) in [6.07, 6.45) is 4.17. The van der Waals surface area contributed by atoms with Crippen LogP contribution in [-0.4, -0.2) is 48.8 Å². The van der Waals surface area contributed by atoms with Crippen LogP contribution >= 0.6 is 0 Å². The quantitative estimate of drug-likeness (QED) is 0.277. The van der Waals surface area contributed by atoms with E-state index in [4.69, 9.17) is 0 Å². The topological polar surface area (TPSA) is 145 Å². The summed E-state index contributed by atoms with van der Waals surface area (Å²) in [4.78, 5) is 15.4. The van der Waals surface area contributed by atoms with Crippen LogP contribution in [-0.2, 0) is 16.6 Å². The molecule has 0 radical (unpaired) electrons. The van der Waals surface area contributed by atoms with Crippen molar-refractivity contribution in [3.05, 3.63) is 65.1 Å². The zero-order valence-electron chi connectivity index (χ0n) is 19.7. The third kappa shape index (κ3) is 4.75. The van der Waals surface area contributed by atoms with Gasteiger partial charge in [-0.3, -0.25) is 14.8 Å². The van der Waals surface area contributed by atoms with Crippen LogP contribution in [0.1, 0.15) is 27.7 Å². The molecule has 0 atom stereocenters. The van der Waals surface area contributed by atoms with Crippen LogP contribution in [0.5, 0.6) is 0 Å². The Labute approximate surface area is 202 Å². The van der Waals surface area contributed by atoms with Gasteiger partial charge in [0.05, 0.1) is 39.2 Å². The van der Waals surface area contributed by atoms with Crippen molar-refractivity contribution in [1.82, 2.24) is 18.7 Å². The molecule has 0 aliphatic rings. The van der Waals surface area contributed by atoms with Gasteiger partial charge in [-0.15, -0.1) is 0 Å². The molecule has 0 spiro atoms. The molecule has 4 rings (SSSR count). The summed E-state index contributed by atoms with van der Waals surface area (Å²) in [7, 11) is -4.14. The fourth-order valence-electron chi connectivity index (χ4n) is 3.81. The van der Waals surface area contributed by atoms with Crippen molar-refractivity contribution >= 4 is 32.4 Å². The van der Waals surface area contributed by atoms with E-state index in [0.717, 1.165) is 10.2 Å². The smallest absolute Gasteiger partial charge is 0.311 e. The number of nitrogens with zero attached hydrogens (tertiary/aromatic N) is 5. The van der Waals surface area contributed by atoms with E-state index in [0.29, 0.717) is 5.56 Å². The van der Waals surface area contributed by atoms with Crippen molar-refractivity contribution in [3.63, 3.8) is 0 Å². The first-order chi connectivity index (χ1) is 16.4. The number of benzene rings is 1. The first kappa shape index (κ1) is 24.4. The largest absolute Gasteiger partial charge is 0.389 e. The number of anilines is 1. The Kier molecular flexibility index (Phi) is 6.11. The second-order valence-electron chi connectivity index (χ2n) is 9.16. The lowest BCUT2D eigenvalue weighted by atomic mass is 10.1. The first-order valence-electron chi connectivity index (χ1n) is 10.9. The summed E-state index contributed by atoms with van der Waals surface area (Å²) < 4.78 is 30.2. The summed E-state index contributed by atoms with van der Waals surface area (Å²) in [6, 6.07) is 9.29.